The van der Waals surface area contributed by atoms with Gasteiger partial charge in [0.1, 0.15) is 0 Å². The van der Waals surface area contributed by atoms with Crippen LogP contribution in [0.5, 0.6) is 0 Å². The van der Waals surface area contributed by atoms with Crippen molar-refractivity contribution >= 4 is 11.8 Å². The number of nitrogens with one attached hydrogen (secondary N) is 2. The summed E-state index contributed by atoms with van der Waals surface area (Å²) in [5, 5.41) is 4.91. The minimum Gasteiger partial charge on any atom is -0.379 e. The molecular weight excluding hydrogens is 237 g/mol. The van der Waals surface area contributed by atoms with Gasteiger partial charge in [0.15, 0.2) is 11.6 Å². The predicted octanol–water partition coefficient (Wildman–Crippen LogP) is 1.10. The third-order valence-electron chi connectivity index (χ3n) is 2.55. The van der Waals surface area contributed by atoms with Crippen LogP contribution >= 0.6 is 0 Å². The number of hydrogen-bond acceptors (Lipinski definition) is 6. The quantitative estimate of drug-likeness (QED) is 0.821. The van der Waals surface area contributed by atoms with Crippen LogP contribution in [0.4, 0.5) is 16.2 Å². The van der Waals surface area contributed by atoms with E-state index in [0.29, 0.717) is 32.3 Å². The molecule has 0 amide bonds. The number of nitrogens with zero attached hydrogens (tertiary/aromatic N) is 3. The molecule has 0 atom stereocenters. The Morgan fingerprint density at radius 2 is 2.22 bits per heavy atom. The van der Waals surface area contributed by atoms with Gasteiger partial charge < -0.3 is 15.5 Å². The summed E-state index contributed by atoms with van der Waals surface area (Å²) in [5.74, 6) is 0.183. The molecule has 2 heterocycles. The lowest BCUT2D eigenvalue weighted by Gasteiger charge is -2.27. The maximum Gasteiger partial charge on any atom is 0.224 e. The van der Waals surface area contributed by atoms with Gasteiger partial charge in [-0.05, 0) is 6.42 Å². The Hall–Kier alpha value is -1.47. The van der Waals surface area contributed by atoms with E-state index in [1.165, 1.54) is 6.20 Å². The molecule has 100 valence electrons. The van der Waals surface area contributed by atoms with Gasteiger partial charge in [-0.2, -0.15) is 4.98 Å². The van der Waals surface area contributed by atoms with Crippen LogP contribution in [0.3, 0.4) is 0 Å². The fourth-order valence-electron chi connectivity index (χ4n) is 1.59. The van der Waals surface area contributed by atoms with Gasteiger partial charge in [-0.1, -0.05) is 6.92 Å². The Morgan fingerprint density at radius 1 is 1.44 bits per heavy atom. The zero-order valence-corrected chi connectivity index (χ0v) is 10.4. The largest absolute Gasteiger partial charge is 0.379 e. The molecule has 7 heteroatoms. The van der Waals surface area contributed by atoms with Crippen LogP contribution in [-0.2, 0) is 4.74 Å². The van der Waals surface area contributed by atoms with Gasteiger partial charge >= 0.3 is 0 Å². The zero-order chi connectivity index (χ0) is 12.8. The molecule has 0 spiro atoms. The highest BCUT2D eigenvalue weighted by Crippen LogP contribution is 2.13. The van der Waals surface area contributed by atoms with Gasteiger partial charge in [0, 0.05) is 19.6 Å². The second-order valence-corrected chi connectivity index (χ2v) is 4.03. The highest BCUT2D eigenvalue weighted by atomic mass is 19.1. The highest BCUT2D eigenvalue weighted by molar-refractivity contribution is 5.40. The molecule has 0 saturated carbocycles. The van der Waals surface area contributed by atoms with E-state index < -0.39 is 5.82 Å². The van der Waals surface area contributed by atoms with Crippen molar-refractivity contribution in [3.05, 3.63) is 12.0 Å². The van der Waals surface area contributed by atoms with E-state index in [0.717, 1.165) is 13.0 Å². The lowest BCUT2D eigenvalue weighted by Crippen LogP contribution is -2.40. The van der Waals surface area contributed by atoms with Crippen molar-refractivity contribution in [1.29, 1.82) is 0 Å². The standard InChI is InChI=1S/C11H18FN5O/c1-2-3-13-11-14-8-9(12)10(15-11)16-17-4-6-18-7-5-17/h8H,2-7H2,1H3,(H2,13,14,15,16). The molecule has 1 saturated heterocycles. The van der Waals surface area contributed by atoms with Gasteiger partial charge in [0.05, 0.1) is 19.4 Å². The van der Waals surface area contributed by atoms with Crippen molar-refractivity contribution in [2.24, 2.45) is 0 Å². The summed E-state index contributed by atoms with van der Waals surface area (Å²) >= 11 is 0. The maximum atomic E-state index is 13.6. The van der Waals surface area contributed by atoms with E-state index in [4.69, 9.17) is 4.74 Å². The van der Waals surface area contributed by atoms with Crippen molar-refractivity contribution in [2.75, 3.05) is 43.6 Å². The molecule has 0 aromatic carbocycles. The van der Waals surface area contributed by atoms with E-state index in [1.54, 1.807) is 0 Å². The van der Waals surface area contributed by atoms with E-state index in [9.17, 15) is 4.39 Å². The van der Waals surface area contributed by atoms with Crippen molar-refractivity contribution in [3.8, 4) is 0 Å². The first kappa shape index (κ1) is 13.0. The molecule has 0 bridgehead atoms. The van der Waals surface area contributed by atoms with Crippen LogP contribution < -0.4 is 10.7 Å². The van der Waals surface area contributed by atoms with E-state index >= 15 is 0 Å². The van der Waals surface area contributed by atoms with Crippen LogP contribution in [0.2, 0.25) is 0 Å². The molecule has 1 aromatic heterocycles. The van der Waals surface area contributed by atoms with Crippen LogP contribution in [0.15, 0.2) is 6.20 Å². The highest BCUT2D eigenvalue weighted by Gasteiger charge is 2.13. The lowest BCUT2D eigenvalue weighted by atomic mass is 10.5. The summed E-state index contributed by atoms with van der Waals surface area (Å²) in [6.45, 7) is 5.51. The second-order valence-electron chi connectivity index (χ2n) is 4.03. The first-order chi connectivity index (χ1) is 8.79. The second kappa shape index (κ2) is 6.46. The molecule has 1 aliphatic rings. The minimum atomic E-state index is -0.455. The monoisotopic (exact) mass is 255 g/mol. The van der Waals surface area contributed by atoms with E-state index in [-0.39, 0.29) is 5.82 Å². The topological polar surface area (TPSA) is 62.3 Å². The Labute approximate surface area is 106 Å². The molecule has 0 radical (unpaired) electrons. The maximum absolute atomic E-state index is 13.6. The van der Waals surface area contributed by atoms with E-state index in [1.807, 2.05) is 11.9 Å². The molecule has 1 aliphatic heterocycles. The van der Waals surface area contributed by atoms with Gasteiger partial charge in [-0.25, -0.2) is 14.4 Å². The molecule has 1 aromatic rings. The number of rotatable bonds is 5. The van der Waals surface area contributed by atoms with Crippen LogP contribution in [0.25, 0.3) is 0 Å². The van der Waals surface area contributed by atoms with Crippen molar-refractivity contribution in [2.45, 2.75) is 13.3 Å². The van der Waals surface area contributed by atoms with Crippen LogP contribution in [-0.4, -0.2) is 47.8 Å². The Bertz CT molecular complexity index is 384. The first-order valence-corrected chi connectivity index (χ1v) is 6.15. The zero-order valence-electron chi connectivity index (χ0n) is 10.4. The number of halogens is 1. The van der Waals surface area contributed by atoms with Crippen LogP contribution in [0, 0.1) is 5.82 Å². The molecule has 1 fully saturated rings. The predicted molar refractivity (Wildman–Crippen MR) is 66.8 cm³/mol. The molecular formula is C11H18FN5O. The molecule has 0 unspecified atom stereocenters. The Morgan fingerprint density at radius 3 is 2.94 bits per heavy atom. The number of ether oxygens (including phenoxy) is 1. The fraction of sp³-hybridized carbons (Fsp3) is 0.636. The number of morpholine rings is 1. The summed E-state index contributed by atoms with van der Waals surface area (Å²) in [5.41, 5.74) is 2.95. The van der Waals surface area contributed by atoms with Crippen molar-refractivity contribution in [3.63, 3.8) is 0 Å². The molecule has 18 heavy (non-hydrogen) atoms. The average Bonchev–Trinajstić information content (AvgIpc) is 2.41. The third kappa shape index (κ3) is 3.51. The molecule has 2 N–H and O–H groups in total. The number of anilines is 2. The smallest absolute Gasteiger partial charge is 0.224 e. The number of hydrogen-bond donors (Lipinski definition) is 2. The lowest BCUT2D eigenvalue weighted by molar-refractivity contribution is 0.0493. The van der Waals surface area contributed by atoms with Crippen molar-refractivity contribution < 1.29 is 9.13 Å². The normalized spacial score (nSPS) is 16.6. The first-order valence-electron chi connectivity index (χ1n) is 6.15. The Kier molecular flexibility index (Phi) is 4.66. The van der Waals surface area contributed by atoms with Crippen LogP contribution in [0.1, 0.15) is 13.3 Å². The van der Waals surface area contributed by atoms with Gasteiger partial charge in [0.2, 0.25) is 5.95 Å². The molecule has 2 rings (SSSR count). The van der Waals surface area contributed by atoms with Gasteiger partial charge in [-0.15, -0.1) is 0 Å². The third-order valence-corrected chi connectivity index (χ3v) is 2.55. The van der Waals surface area contributed by atoms with Crippen molar-refractivity contribution in [1.82, 2.24) is 15.0 Å². The molecule has 0 aliphatic carbocycles. The van der Waals surface area contributed by atoms with E-state index in [2.05, 4.69) is 20.7 Å². The fourth-order valence-corrected chi connectivity index (χ4v) is 1.59. The summed E-state index contributed by atoms with van der Waals surface area (Å²) < 4.78 is 18.8. The summed E-state index contributed by atoms with van der Waals surface area (Å²) in [7, 11) is 0. The summed E-state index contributed by atoms with van der Waals surface area (Å²) in [6.07, 6.45) is 2.14. The average molecular weight is 255 g/mol. The van der Waals surface area contributed by atoms with Gasteiger partial charge in [0.25, 0.3) is 0 Å². The molecule has 6 nitrogen and oxygen atoms in total. The summed E-state index contributed by atoms with van der Waals surface area (Å²) in [4.78, 5) is 8.00. The van der Waals surface area contributed by atoms with Gasteiger partial charge in [-0.3, -0.25) is 0 Å². The number of hydrazine groups is 1. The Balaban J connectivity index is 2.00. The summed E-state index contributed by atoms with van der Waals surface area (Å²) in [6, 6.07) is 0. The SMILES string of the molecule is CCCNc1ncc(F)c(NN2CCOCC2)n1. The number of aromatic nitrogens is 2. The minimum absolute atomic E-state index is 0.200.